The number of benzene rings is 1. The van der Waals surface area contributed by atoms with Gasteiger partial charge in [0.1, 0.15) is 12.3 Å². The van der Waals surface area contributed by atoms with Crippen LogP contribution in [-0.2, 0) is 11.2 Å². The summed E-state index contributed by atoms with van der Waals surface area (Å²) in [6, 6.07) is 6.09. The monoisotopic (exact) mass is 420 g/mol. The number of amides is 3. The van der Waals surface area contributed by atoms with Crippen molar-refractivity contribution in [3.63, 3.8) is 0 Å². The van der Waals surface area contributed by atoms with E-state index in [4.69, 9.17) is 4.74 Å². The van der Waals surface area contributed by atoms with Crippen LogP contribution in [0.1, 0.15) is 43.2 Å². The van der Waals surface area contributed by atoms with Gasteiger partial charge in [-0.15, -0.1) is 0 Å². The van der Waals surface area contributed by atoms with Crippen LogP contribution < -0.4 is 20.9 Å². The maximum Gasteiger partial charge on any atom is 0.324 e. The number of carbonyl (C=O) groups excluding carboxylic acids is 2. The number of aryl methyl sites for hydroxylation is 1. The predicted molar refractivity (Wildman–Crippen MR) is 116 cm³/mol. The van der Waals surface area contributed by atoms with Crippen LogP contribution in [-0.4, -0.2) is 48.5 Å². The molecule has 1 saturated heterocycles. The first-order valence-electron chi connectivity index (χ1n) is 10.5. The summed E-state index contributed by atoms with van der Waals surface area (Å²) < 4.78 is 5.96. The molecule has 8 heteroatoms. The van der Waals surface area contributed by atoms with Crippen LogP contribution in [0.5, 0.6) is 5.75 Å². The van der Waals surface area contributed by atoms with Crippen molar-refractivity contribution in [3.8, 4) is 5.75 Å². The third-order valence-corrected chi connectivity index (χ3v) is 5.53. The van der Waals surface area contributed by atoms with E-state index in [1.54, 1.807) is 4.90 Å². The third-order valence-electron chi connectivity index (χ3n) is 5.22. The zero-order valence-electron chi connectivity index (χ0n) is 17.1. The minimum Gasteiger partial charge on any atom is -0.493 e. The molecule has 2 fully saturated rings. The number of hydrazine groups is 1. The van der Waals surface area contributed by atoms with E-state index >= 15 is 0 Å². The SMILES string of the molecule is Cc1ccc(CC(S)NNCCCCCN2CC(=O)NC2=O)cc1OCC1CC1. The minimum atomic E-state index is -0.273. The Morgan fingerprint density at radius 3 is 2.83 bits per heavy atom. The average Bonchev–Trinajstić information content (AvgIpc) is 3.45. The van der Waals surface area contributed by atoms with Gasteiger partial charge in [0.25, 0.3) is 0 Å². The van der Waals surface area contributed by atoms with Gasteiger partial charge in [-0.05, 0) is 62.1 Å². The van der Waals surface area contributed by atoms with E-state index in [9.17, 15) is 9.59 Å². The van der Waals surface area contributed by atoms with Gasteiger partial charge in [-0.1, -0.05) is 18.6 Å². The molecule has 0 bridgehead atoms. The molecule has 29 heavy (non-hydrogen) atoms. The number of nitrogens with zero attached hydrogens (tertiary/aromatic N) is 1. The lowest BCUT2D eigenvalue weighted by Crippen LogP contribution is -2.39. The van der Waals surface area contributed by atoms with E-state index in [-0.39, 0.29) is 23.9 Å². The van der Waals surface area contributed by atoms with E-state index < -0.39 is 0 Å². The first kappa shape index (κ1) is 21.9. The number of urea groups is 1. The van der Waals surface area contributed by atoms with Crippen LogP contribution in [0.3, 0.4) is 0 Å². The zero-order valence-corrected chi connectivity index (χ0v) is 18.0. The largest absolute Gasteiger partial charge is 0.493 e. The van der Waals surface area contributed by atoms with Gasteiger partial charge < -0.3 is 9.64 Å². The molecule has 3 N–H and O–H groups in total. The zero-order chi connectivity index (χ0) is 20.6. The van der Waals surface area contributed by atoms with E-state index in [1.165, 1.54) is 24.0 Å². The Hall–Kier alpha value is -1.77. The molecule has 1 aromatic rings. The van der Waals surface area contributed by atoms with Crippen molar-refractivity contribution in [2.24, 2.45) is 5.92 Å². The molecule has 0 aromatic heterocycles. The van der Waals surface area contributed by atoms with E-state index in [0.29, 0.717) is 6.54 Å². The van der Waals surface area contributed by atoms with Crippen LogP contribution in [0.25, 0.3) is 0 Å². The maximum atomic E-state index is 11.4. The lowest BCUT2D eigenvalue weighted by molar-refractivity contribution is -0.118. The second-order valence-electron chi connectivity index (χ2n) is 7.98. The van der Waals surface area contributed by atoms with Crippen molar-refractivity contribution in [2.75, 3.05) is 26.2 Å². The quantitative estimate of drug-likeness (QED) is 0.130. The number of carbonyl (C=O) groups is 2. The second-order valence-corrected chi connectivity index (χ2v) is 8.60. The molecule has 1 atom stereocenters. The Balaban J connectivity index is 1.26. The molecular weight excluding hydrogens is 388 g/mol. The van der Waals surface area contributed by atoms with E-state index in [0.717, 1.165) is 50.5 Å². The number of hydrogen-bond donors (Lipinski definition) is 4. The molecular formula is C21H32N4O3S. The van der Waals surface area contributed by atoms with Crippen molar-refractivity contribution in [3.05, 3.63) is 29.3 Å². The van der Waals surface area contributed by atoms with Crippen molar-refractivity contribution in [1.29, 1.82) is 0 Å². The fourth-order valence-electron chi connectivity index (χ4n) is 3.24. The molecule has 1 aromatic carbocycles. The summed E-state index contributed by atoms with van der Waals surface area (Å²) in [5.74, 6) is 1.52. The number of thiol groups is 1. The summed E-state index contributed by atoms with van der Waals surface area (Å²) in [6.07, 6.45) is 6.25. The fraction of sp³-hybridized carbons (Fsp3) is 0.619. The Labute approximate surface area is 178 Å². The van der Waals surface area contributed by atoms with E-state index in [1.807, 2.05) is 0 Å². The van der Waals surface area contributed by atoms with Crippen molar-refractivity contribution in [2.45, 2.75) is 50.8 Å². The summed E-state index contributed by atoms with van der Waals surface area (Å²) in [4.78, 5) is 24.1. The molecule has 1 heterocycles. The molecule has 0 spiro atoms. The van der Waals surface area contributed by atoms with Crippen LogP contribution >= 0.6 is 12.6 Å². The highest BCUT2D eigenvalue weighted by Gasteiger charge is 2.25. The molecule has 0 radical (unpaired) electrons. The van der Waals surface area contributed by atoms with Crippen molar-refractivity contribution in [1.82, 2.24) is 21.1 Å². The molecule has 1 unspecified atom stereocenters. The number of imide groups is 1. The Kier molecular flexibility index (Phi) is 8.20. The third kappa shape index (κ3) is 7.53. The minimum absolute atomic E-state index is 0.00768. The van der Waals surface area contributed by atoms with Gasteiger partial charge in [0, 0.05) is 13.1 Å². The highest BCUT2D eigenvalue weighted by atomic mass is 32.1. The number of ether oxygens (including phenoxy) is 1. The first-order chi connectivity index (χ1) is 14.0. The van der Waals surface area contributed by atoms with Gasteiger partial charge in [-0.25, -0.2) is 10.2 Å². The van der Waals surface area contributed by atoms with Gasteiger partial charge in [0.05, 0.1) is 12.0 Å². The highest BCUT2D eigenvalue weighted by molar-refractivity contribution is 7.80. The van der Waals surface area contributed by atoms with Crippen LogP contribution in [0.15, 0.2) is 18.2 Å². The molecule has 7 nitrogen and oxygen atoms in total. The van der Waals surface area contributed by atoms with E-state index in [2.05, 4.69) is 53.9 Å². The number of nitrogens with one attached hydrogen (secondary N) is 3. The molecule has 1 aliphatic heterocycles. The van der Waals surface area contributed by atoms with Crippen LogP contribution in [0.2, 0.25) is 0 Å². The average molecular weight is 421 g/mol. The van der Waals surface area contributed by atoms with Gasteiger partial charge in [0.2, 0.25) is 5.91 Å². The smallest absolute Gasteiger partial charge is 0.324 e. The molecule has 3 amide bonds. The lowest BCUT2D eigenvalue weighted by atomic mass is 10.1. The standard InChI is InChI=1S/C21H32N4O3S/c1-15-5-6-17(11-18(15)28-14-16-7-8-16)12-20(29)24-22-9-3-2-4-10-25-13-19(26)23-21(25)27/h5-6,11,16,20,22,24,29H,2-4,7-10,12-14H2,1H3,(H,23,26,27). The number of rotatable bonds is 13. The van der Waals surface area contributed by atoms with Crippen molar-refractivity contribution < 1.29 is 14.3 Å². The molecule has 1 saturated carbocycles. The Morgan fingerprint density at radius 2 is 2.10 bits per heavy atom. The molecule has 1 aliphatic carbocycles. The topological polar surface area (TPSA) is 82.7 Å². The van der Waals surface area contributed by atoms with Crippen molar-refractivity contribution >= 4 is 24.6 Å². The number of unbranched alkanes of at least 4 members (excludes halogenated alkanes) is 2. The fourth-order valence-corrected chi connectivity index (χ4v) is 3.54. The summed E-state index contributed by atoms with van der Waals surface area (Å²) in [5.41, 5.74) is 8.82. The summed E-state index contributed by atoms with van der Waals surface area (Å²) in [5, 5.41) is 2.30. The predicted octanol–water partition coefficient (Wildman–Crippen LogP) is 2.40. The van der Waals surface area contributed by atoms with Gasteiger partial charge in [0.15, 0.2) is 0 Å². The summed E-state index contributed by atoms with van der Waals surface area (Å²) in [7, 11) is 0. The first-order valence-corrected chi connectivity index (χ1v) is 11.0. The molecule has 2 aliphatic rings. The maximum absolute atomic E-state index is 11.4. The highest BCUT2D eigenvalue weighted by Crippen LogP contribution is 2.30. The molecule has 3 rings (SSSR count). The normalized spacial score (nSPS) is 17.5. The Morgan fingerprint density at radius 1 is 1.28 bits per heavy atom. The van der Waals surface area contributed by atoms with Crippen LogP contribution in [0, 0.1) is 12.8 Å². The summed E-state index contributed by atoms with van der Waals surface area (Å²) >= 11 is 4.62. The summed E-state index contributed by atoms with van der Waals surface area (Å²) in [6.45, 7) is 4.54. The van der Waals surface area contributed by atoms with Gasteiger partial charge in [-0.2, -0.15) is 12.6 Å². The number of hydrogen-bond acceptors (Lipinski definition) is 6. The molecule has 160 valence electrons. The van der Waals surface area contributed by atoms with Gasteiger partial charge >= 0.3 is 6.03 Å². The second kappa shape index (κ2) is 10.8. The van der Waals surface area contributed by atoms with Gasteiger partial charge in [-0.3, -0.25) is 15.5 Å². The lowest BCUT2D eigenvalue weighted by Gasteiger charge is -2.16. The Bertz CT molecular complexity index is 711. The van der Waals surface area contributed by atoms with Crippen LogP contribution in [0.4, 0.5) is 4.79 Å².